The average molecular weight is 266 g/mol. The van der Waals surface area contributed by atoms with Gasteiger partial charge in [-0.15, -0.1) is 11.3 Å². The molecule has 1 aliphatic rings. The first kappa shape index (κ1) is 13.8. The molecule has 0 N–H and O–H groups in total. The minimum Gasteiger partial charge on any atom is -0.369 e. The van der Waals surface area contributed by atoms with Crippen LogP contribution in [0.3, 0.4) is 0 Å². The number of Topliss-reactive ketones (excluding diaryl/α,β-unsaturated/α-hetero) is 1. The number of thiophene rings is 1. The predicted molar refractivity (Wildman–Crippen MR) is 75.4 cm³/mol. The van der Waals surface area contributed by atoms with E-state index in [1.165, 1.54) is 5.56 Å². The van der Waals surface area contributed by atoms with Crippen molar-refractivity contribution in [3.05, 3.63) is 21.9 Å². The molecule has 1 unspecified atom stereocenters. The van der Waals surface area contributed by atoms with Crippen molar-refractivity contribution in [2.75, 3.05) is 0 Å². The zero-order valence-corrected chi connectivity index (χ0v) is 12.7. The number of hydrogen-bond donors (Lipinski definition) is 0. The van der Waals surface area contributed by atoms with Gasteiger partial charge in [-0.2, -0.15) is 0 Å². The molecule has 0 spiro atoms. The van der Waals surface area contributed by atoms with Crippen LogP contribution in [0.25, 0.3) is 0 Å². The summed E-state index contributed by atoms with van der Waals surface area (Å²) in [5, 5.41) is 2.01. The minimum absolute atomic E-state index is 0.0311. The van der Waals surface area contributed by atoms with Crippen molar-refractivity contribution in [1.82, 2.24) is 0 Å². The van der Waals surface area contributed by atoms with Crippen LogP contribution in [0, 0.1) is 5.92 Å². The Bertz CT molecular complexity index is 457. The van der Waals surface area contributed by atoms with Gasteiger partial charge in [-0.1, -0.05) is 6.92 Å². The standard InChI is InChI=1S/C15H22O2S/c1-6-10-7-8-18-13(10)12(16)11-9-14(2,3)17-15(11,4)5/h7-8,11H,6,9H2,1-5H3. The molecule has 2 nitrogen and oxygen atoms in total. The number of carbonyl (C=O) groups is 1. The van der Waals surface area contributed by atoms with E-state index in [1.807, 2.05) is 19.2 Å². The molecule has 100 valence electrons. The number of ether oxygens (including phenoxy) is 1. The maximum Gasteiger partial charge on any atom is 0.179 e. The fourth-order valence-corrected chi connectivity index (χ4v) is 3.95. The zero-order valence-electron chi connectivity index (χ0n) is 11.9. The lowest BCUT2D eigenvalue weighted by Crippen LogP contribution is -2.33. The lowest BCUT2D eigenvalue weighted by atomic mass is 9.83. The summed E-state index contributed by atoms with van der Waals surface area (Å²) in [4.78, 5) is 13.6. The van der Waals surface area contributed by atoms with Gasteiger partial charge in [-0.25, -0.2) is 0 Å². The van der Waals surface area contributed by atoms with E-state index in [4.69, 9.17) is 4.74 Å². The summed E-state index contributed by atoms with van der Waals surface area (Å²) in [6.45, 7) is 10.3. The molecule has 2 rings (SSSR count). The van der Waals surface area contributed by atoms with E-state index in [0.717, 1.165) is 17.7 Å². The van der Waals surface area contributed by atoms with Gasteiger partial charge in [0.15, 0.2) is 5.78 Å². The fraction of sp³-hybridized carbons (Fsp3) is 0.667. The van der Waals surface area contributed by atoms with Crippen molar-refractivity contribution in [3.63, 3.8) is 0 Å². The van der Waals surface area contributed by atoms with E-state index in [2.05, 4.69) is 26.8 Å². The van der Waals surface area contributed by atoms with Gasteiger partial charge in [0.25, 0.3) is 0 Å². The van der Waals surface area contributed by atoms with E-state index >= 15 is 0 Å². The molecule has 0 saturated carbocycles. The highest BCUT2D eigenvalue weighted by atomic mass is 32.1. The molecule has 1 fully saturated rings. The molecule has 18 heavy (non-hydrogen) atoms. The molecule has 1 atom stereocenters. The van der Waals surface area contributed by atoms with Crippen LogP contribution in [-0.2, 0) is 11.2 Å². The van der Waals surface area contributed by atoms with Crippen molar-refractivity contribution in [2.45, 2.75) is 58.7 Å². The third kappa shape index (κ3) is 2.39. The second kappa shape index (κ2) is 4.46. The highest BCUT2D eigenvalue weighted by molar-refractivity contribution is 7.12. The SMILES string of the molecule is CCc1ccsc1C(=O)C1CC(C)(C)OC1(C)C. The molecule has 1 aliphatic heterocycles. The summed E-state index contributed by atoms with van der Waals surface area (Å²) in [6.07, 6.45) is 1.72. The van der Waals surface area contributed by atoms with E-state index < -0.39 is 0 Å². The summed E-state index contributed by atoms with van der Waals surface area (Å²) in [5.74, 6) is 0.230. The molecule has 1 aromatic heterocycles. The molecule has 2 heterocycles. The van der Waals surface area contributed by atoms with Crippen LogP contribution in [0.5, 0.6) is 0 Å². The topological polar surface area (TPSA) is 26.3 Å². The van der Waals surface area contributed by atoms with Crippen molar-refractivity contribution in [1.29, 1.82) is 0 Å². The van der Waals surface area contributed by atoms with E-state index in [0.29, 0.717) is 0 Å². The van der Waals surface area contributed by atoms with Crippen LogP contribution >= 0.6 is 11.3 Å². The first-order chi connectivity index (χ1) is 8.27. The van der Waals surface area contributed by atoms with Gasteiger partial charge in [-0.3, -0.25) is 4.79 Å². The Hall–Kier alpha value is -0.670. The molecule has 0 amide bonds. The summed E-state index contributed by atoms with van der Waals surface area (Å²) < 4.78 is 6.03. The van der Waals surface area contributed by atoms with E-state index in [1.54, 1.807) is 11.3 Å². The molecule has 1 saturated heterocycles. The molecular formula is C15H22O2S. The smallest absolute Gasteiger partial charge is 0.179 e. The Labute approximate surface area is 113 Å². The van der Waals surface area contributed by atoms with Crippen LogP contribution in [0.2, 0.25) is 0 Å². The van der Waals surface area contributed by atoms with Gasteiger partial charge < -0.3 is 4.74 Å². The van der Waals surface area contributed by atoms with Crippen LogP contribution in [-0.4, -0.2) is 17.0 Å². The molecular weight excluding hydrogens is 244 g/mol. The largest absolute Gasteiger partial charge is 0.369 e. The third-order valence-corrected chi connectivity index (χ3v) is 4.71. The lowest BCUT2D eigenvalue weighted by molar-refractivity contribution is -0.0712. The van der Waals surface area contributed by atoms with Crippen molar-refractivity contribution in [2.24, 2.45) is 5.92 Å². The summed E-state index contributed by atoms with van der Waals surface area (Å²) in [6, 6.07) is 2.06. The monoisotopic (exact) mass is 266 g/mol. The van der Waals surface area contributed by atoms with Gasteiger partial charge >= 0.3 is 0 Å². The van der Waals surface area contributed by atoms with Crippen LogP contribution in [0.1, 0.15) is 56.3 Å². The first-order valence-corrected chi connectivity index (χ1v) is 7.45. The average Bonchev–Trinajstić information content (AvgIpc) is 2.78. The van der Waals surface area contributed by atoms with Gasteiger partial charge in [0.1, 0.15) is 0 Å². The number of ketones is 1. The van der Waals surface area contributed by atoms with Crippen molar-refractivity contribution >= 4 is 17.1 Å². The molecule has 1 aromatic rings. The van der Waals surface area contributed by atoms with Crippen molar-refractivity contribution < 1.29 is 9.53 Å². The van der Waals surface area contributed by atoms with E-state index in [-0.39, 0.29) is 22.9 Å². The number of aryl methyl sites for hydroxylation is 1. The zero-order chi connectivity index (χ0) is 13.6. The normalized spacial score (nSPS) is 25.3. The van der Waals surface area contributed by atoms with Crippen LogP contribution in [0.4, 0.5) is 0 Å². The quantitative estimate of drug-likeness (QED) is 0.770. The van der Waals surface area contributed by atoms with Crippen LogP contribution in [0.15, 0.2) is 11.4 Å². The Morgan fingerprint density at radius 1 is 1.44 bits per heavy atom. The Balaban J connectivity index is 2.30. The summed E-state index contributed by atoms with van der Waals surface area (Å²) in [7, 11) is 0. The number of hydrogen-bond acceptors (Lipinski definition) is 3. The second-order valence-electron chi connectivity index (χ2n) is 6.21. The third-order valence-electron chi connectivity index (χ3n) is 3.74. The van der Waals surface area contributed by atoms with Crippen molar-refractivity contribution in [3.8, 4) is 0 Å². The molecule has 0 radical (unpaired) electrons. The van der Waals surface area contributed by atoms with Gasteiger partial charge in [0.05, 0.1) is 22.0 Å². The summed E-state index contributed by atoms with van der Waals surface area (Å²) in [5.41, 5.74) is 0.605. The molecule has 0 aromatic carbocycles. The minimum atomic E-state index is -0.365. The number of carbonyl (C=O) groups excluding carboxylic acids is 1. The van der Waals surface area contributed by atoms with E-state index in [9.17, 15) is 4.79 Å². The molecule has 0 bridgehead atoms. The lowest BCUT2D eigenvalue weighted by Gasteiger charge is -2.26. The fourth-order valence-electron chi connectivity index (χ4n) is 2.96. The maximum atomic E-state index is 12.7. The Morgan fingerprint density at radius 3 is 2.61 bits per heavy atom. The predicted octanol–water partition coefficient (Wildman–Crippen LogP) is 4.09. The Morgan fingerprint density at radius 2 is 2.11 bits per heavy atom. The van der Waals surface area contributed by atoms with Gasteiger partial charge in [0, 0.05) is 0 Å². The van der Waals surface area contributed by atoms with Crippen LogP contribution < -0.4 is 0 Å². The highest BCUT2D eigenvalue weighted by Gasteiger charge is 2.49. The first-order valence-electron chi connectivity index (χ1n) is 6.57. The van der Waals surface area contributed by atoms with Gasteiger partial charge in [-0.05, 0) is 57.5 Å². The van der Waals surface area contributed by atoms with Gasteiger partial charge in [0.2, 0.25) is 0 Å². The molecule has 0 aliphatic carbocycles. The second-order valence-corrected chi connectivity index (χ2v) is 7.13. The highest BCUT2D eigenvalue weighted by Crippen LogP contribution is 2.44. The summed E-state index contributed by atoms with van der Waals surface area (Å²) >= 11 is 1.56. The molecule has 3 heteroatoms. The Kier molecular flexibility index (Phi) is 3.41. The number of rotatable bonds is 3. The maximum absolute atomic E-state index is 12.7.